The Balaban J connectivity index is 1.98. The van der Waals surface area contributed by atoms with Gasteiger partial charge in [0.2, 0.25) is 5.95 Å². The van der Waals surface area contributed by atoms with Gasteiger partial charge in [-0.1, -0.05) is 12.1 Å². The number of rotatable bonds is 4. The predicted molar refractivity (Wildman–Crippen MR) is 79.5 cm³/mol. The third kappa shape index (κ3) is 2.52. The van der Waals surface area contributed by atoms with Crippen LogP contribution in [0.5, 0.6) is 5.75 Å². The number of methoxy groups -OCH3 is 1. The van der Waals surface area contributed by atoms with Gasteiger partial charge in [-0.2, -0.15) is 10.1 Å². The number of anilines is 1. The van der Waals surface area contributed by atoms with E-state index in [0.717, 1.165) is 11.3 Å². The molecule has 1 atom stereocenters. The van der Waals surface area contributed by atoms with Crippen LogP contribution in [-0.4, -0.2) is 34.5 Å². The number of nitrogens with one attached hydrogen (secondary N) is 1. The van der Waals surface area contributed by atoms with E-state index in [0.29, 0.717) is 18.3 Å². The van der Waals surface area contributed by atoms with Crippen molar-refractivity contribution < 1.29 is 14.3 Å². The summed E-state index contributed by atoms with van der Waals surface area (Å²) < 4.78 is 11.9. The van der Waals surface area contributed by atoms with E-state index in [2.05, 4.69) is 15.4 Å². The maximum Gasteiger partial charge on any atom is 0.354 e. The molecule has 2 aromatic rings. The Morgan fingerprint density at radius 1 is 1.36 bits per heavy atom. The number of hydrogen-bond donors (Lipinski definition) is 1. The fourth-order valence-electron chi connectivity index (χ4n) is 2.30. The van der Waals surface area contributed by atoms with Crippen molar-refractivity contribution >= 4 is 11.9 Å². The Hall–Kier alpha value is -2.83. The Morgan fingerprint density at radius 2 is 2.14 bits per heavy atom. The van der Waals surface area contributed by atoms with Gasteiger partial charge in [0.15, 0.2) is 0 Å². The molecule has 1 aliphatic heterocycles. The summed E-state index contributed by atoms with van der Waals surface area (Å²) in [6.07, 6.45) is 3.22. The van der Waals surface area contributed by atoms with Crippen LogP contribution in [0.4, 0.5) is 5.95 Å². The van der Waals surface area contributed by atoms with E-state index < -0.39 is 5.97 Å². The average Bonchev–Trinajstić information content (AvgIpc) is 3.02. The fourth-order valence-corrected chi connectivity index (χ4v) is 2.30. The van der Waals surface area contributed by atoms with Crippen LogP contribution in [0.15, 0.2) is 42.4 Å². The zero-order chi connectivity index (χ0) is 15.5. The lowest BCUT2D eigenvalue weighted by atomic mass is 10.0. The van der Waals surface area contributed by atoms with Crippen LogP contribution < -0.4 is 10.1 Å². The molecule has 0 radical (unpaired) electrons. The average molecular weight is 300 g/mol. The van der Waals surface area contributed by atoms with Gasteiger partial charge in [-0.3, -0.25) is 0 Å². The molecule has 114 valence electrons. The Morgan fingerprint density at radius 3 is 2.82 bits per heavy atom. The minimum atomic E-state index is -0.407. The number of allylic oxidation sites excluding steroid dienone is 1. The lowest BCUT2D eigenvalue weighted by molar-refractivity contribution is -0.138. The largest absolute Gasteiger partial charge is 0.497 e. The first-order chi connectivity index (χ1) is 10.7. The lowest BCUT2D eigenvalue weighted by Gasteiger charge is -2.23. The highest BCUT2D eigenvalue weighted by atomic mass is 16.5. The molecule has 0 bridgehead atoms. The minimum absolute atomic E-state index is 0.232. The summed E-state index contributed by atoms with van der Waals surface area (Å²) in [4.78, 5) is 16.1. The summed E-state index contributed by atoms with van der Waals surface area (Å²) in [5, 5.41) is 7.15. The van der Waals surface area contributed by atoms with E-state index in [9.17, 15) is 4.79 Å². The molecule has 1 N–H and O–H groups in total. The molecule has 1 aliphatic rings. The van der Waals surface area contributed by atoms with Crippen molar-refractivity contribution in [1.82, 2.24) is 14.8 Å². The molecule has 2 heterocycles. The van der Waals surface area contributed by atoms with Crippen LogP contribution >= 0.6 is 0 Å². The van der Waals surface area contributed by atoms with E-state index in [-0.39, 0.29) is 6.04 Å². The normalized spacial score (nSPS) is 16.3. The molecule has 0 aliphatic carbocycles. The molecule has 0 spiro atoms. The molecule has 0 fully saturated rings. The van der Waals surface area contributed by atoms with Gasteiger partial charge in [0.1, 0.15) is 23.8 Å². The zero-order valence-electron chi connectivity index (χ0n) is 12.3. The molecule has 3 rings (SSSR count). The maximum absolute atomic E-state index is 12.0. The highest BCUT2D eigenvalue weighted by molar-refractivity contribution is 5.92. The predicted octanol–water partition coefficient (Wildman–Crippen LogP) is 1.75. The van der Waals surface area contributed by atoms with Gasteiger partial charge in [0.25, 0.3) is 0 Å². The number of aromatic nitrogens is 3. The molecule has 0 unspecified atom stereocenters. The molecule has 7 nitrogen and oxygen atoms in total. The summed E-state index contributed by atoms with van der Waals surface area (Å²) in [7, 11) is 1.62. The van der Waals surface area contributed by atoms with Crippen molar-refractivity contribution in [3.63, 3.8) is 0 Å². The highest BCUT2D eigenvalue weighted by Gasteiger charge is 2.26. The number of ether oxygens (including phenoxy) is 2. The standard InChI is InChI=1S/C15H16N4O3/c1-3-22-14(20)12-8-13(19-15(18-12)16-9-17-19)10-4-6-11(21-2)7-5-10/h4-9,13H,3H2,1-2H3,(H,16,17,18)/t13-/m1/s1. The van der Waals surface area contributed by atoms with Gasteiger partial charge in [0, 0.05) is 0 Å². The number of carbonyl (C=O) groups is 1. The second-order valence-corrected chi connectivity index (χ2v) is 4.67. The number of benzene rings is 1. The smallest absolute Gasteiger partial charge is 0.354 e. The SMILES string of the molecule is CCOC(=O)C1=C[C@H](c2ccc(OC)cc2)n2ncnc2N1. The Kier molecular flexibility index (Phi) is 3.78. The lowest BCUT2D eigenvalue weighted by Crippen LogP contribution is -2.25. The van der Waals surface area contributed by atoms with Crippen molar-refractivity contribution in [2.45, 2.75) is 13.0 Å². The molecule has 1 aromatic carbocycles. The summed E-state index contributed by atoms with van der Waals surface area (Å²) in [5.41, 5.74) is 1.33. The maximum atomic E-state index is 12.0. The molecule has 22 heavy (non-hydrogen) atoms. The van der Waals surface area contributed by atoms with Crippen LogP contribution in [-0.2, 0) is 9.53 Å². The van der Waals surface area contributed by atoms with Crippen molar-refractivity contribution in [3.05, 3.63) is 47.9 Å². The monoisotopic (exact) mass is 300 g/mol. The van der Waals surface area contributed by atoms with Gasteiger partial charge < -0.3 is 14.8 Å². The second-order valence-electron chi connectivity index (χ2n) is 4.67. The van der Waals surface area contributed by atoms with Gasteiger partial charge in [0.05, 0.1) is 13.7 Å². The van der Waals surface area contributed by atoms with Crippen molar-refractivity contribution in [3.8, 4) is 5.75 Å². The van der Waals surface area contributed by atoms with Gasteiger partial charge in [-0.25, -0.2) is 9.48 Å². The van der Waals surface area contributed by atoms with Gasteiger partial charge in [-0.05, 0) is 30.7 Å². The number of esters is 1. The van der Waals surface area contributed by atoms with Crippen LogP contribution in [0.3, 0.4) is 0 Å². The Labute approximate surface area is 127 Å². The topological polar surface area (TPSA) is 78.3 Å². The molecule has 7 heteroatoms. The van der Waals surface area contributed by atoms with E-state index in [1.807, 2.05) is 24.3 Å². The molecular weight excluding hydrogens is 284 g/mol. The summed E-state index contributed by atoms with van der Waals surface area (Å²) >= 11 is 0. The van der Waals surface area contributed by atoms with E-state index in [4.69, 9.17) is 9.47 Å². The number of nitrogens with zero attached hydrogens (tertiary/aromatic N) is 3. The highest BCUT2D eigenvalue weighted by Crippen LogP contribution is 2.29. The van der Waals surface area contributed by atoms with E-state index >= 15 is 0 Å². The van der Waals surface area contributed by atoms with Crippen LogP contribution in [0.2, 0.25) is 0 Å². The molecule has 0 amide bonds. The van der Waals surface area contributed by atoms with Crippen LogP contribution in [0.1, 0.15) is 18.5 Å². The minimum Gasteiger partial charge on any atom is -0.497 e. The molecule has 0 saturated heterocycles. The summed E-state index contributed by atoms with van der Waals surface area (Å²) in [6.45, 7) is 2.09. The number of fused-ring (bicyclic) bond motifs is 1. The van der Waals surface area contributed by atoms with Crippen LogP contribution in [0, 0.1) is 0 Å². The third-order valence-electron chi connectivity index (χ3n) is 3.36. The fraction of sp³-hybridized carbons (Fsp3) is 0.267. The van der Waals surface area contributed by atoms with E-state index in [1.54, 1.807) is 24.8 Å². The van der Waals surface area contributed by atoms with Crippen molar-refractivity contribution in [2.75, 3.05) is 19.0 Å². The zero-order valence-corrected chi connectivity index (χ0v) is 12.3. The first-order valence-electron chi connectivity index (χ1n) is 6.92. The first-order valence-corrected chi connectivity index (χ1v) is 6.92. The quantitative estimate of drug-likeness (QED) is 0.867. The van der Waals surface area contributed by atoms with Crippen LogP contribution in [0.25, 0.3) is 0 Å². The van der Waals surface area contributed by atoms with Gasteiger partial charge >= 0.3 is 5.97 Å². The third-order valence-corrected chi connectivity index (χ3v) is 3.36. The molecule has 1 aromatic heterocycles. The first kappa shape index (κ1) is 14.1. The van der Waals surface area contributed by atoms with Crippen molar-refractivity contribution in [1.29, 1.82) is 0 Å². The molecule has 0 saturated carbocycles. The summed E-state index contributed by atoms with van der Waals surface area (Å²) in [5.74, 6) is 0.868. The van der Waals surface area contributed by atoms with Crippen molar-refractivity contribution in [2.24, 2.45) is 0 Å². The molecular formula is C15H16N4O3. The van der Waals surface area contributed by atoms with Gasteiger partial charge in [-0.15, -0.1) is 0 Å². The summed E-state index contributed by atoms with van der Waals surface area (Å²) in [6, 6.07) is 7.36. The van der Waals surface area contributed by atoms with E-state index in [1.165, 1.54) is 6.33 Å². The second kappa shape index (κ2) is 5.88. The number of carbonyl (C=O) groups excluding carboxylic acids is 1. The Bertz CT molecular complexity index is 706. The number of hydrogen-bond acceptors (Lipinski definition) is 6.